The van der Waals surface area contributed by atoms with Crippen LogP contribution in [0.15, 0.2) is 97.3 Å². The van der Waals surface area contributed by atoms with Gasteiger partial charge in [-0.1, -0.05) is 80.3 Å². The van der Waals surface area contributed by atoms with E-state index >= 15 is 0 Å². The molecule has 0 N–H and O–H groups in total. The first-order chi connectivity index (χ1) is 23.4. The SMILES string of the molecule is CC(C)(C)OC(=O)N(Cc1ccc(-c2ccc(CN(Cc3cccnc3)C(=O)c3ccc(C(F)(F)F)cc3)cc2)cc1)C1CCCCCC1. The van der Waals surface area contributed by atoms with Gasteiger partial charge in [0.2, 0.25) is 0 Å². The maximum absolute atomic E-state index is 13.5. The molecule has 3 aromatic carbocycles. The van der Waals surface area contributed by atoms with Crippen molar-refractivity contribution in [2.45, 2.75) is 96.7 Å². The van der Waals surface area contributed by atoms with E-state index in [2.05, 4.69) is 17.1 Å². The quantitative estimate of drug-likeness (QED) is 0.166. The number of carbonyl (C=O) groups excluding carboxylic acids is 2. The molecule has 0 aliphatic heterocycles. The van der Waals surface area contributed by atoms with Crippen molar-refractivity contribution >= 4 is 12.0 Å². The van der Waals surface area contributed by atoms with Crippen LogP contribution in [0.1, 0.15) is 91.9 Å². The molecule has 0 unspecified atom stereocenters. The minimum Gasteiger partial charge on any atom is -0.444 e. The van der Waals surface area contributed by atoms with Crippen molar-refractivity contribution in [3.63, 3.8) is 0 Å². The van der Waals surface area contributed by atoms with Crippen LogP contribution in [0.3, 0.4) is 0 Å². The zero-order valence-corrected chi connectivity index (χ0v) is 28.4. The number of carbonyl (C=O) groups is 2. The predicted octanol–water partition coefficient (Wildman–Crippen LogP) is 10.1. The molecule has 258 valence electrons. The highest BCUT2D eigenvalue weighted by atomic mass is 19.4. The molecular weight excluding hydrogens is 627 g/mol. The number of halogens is 3. The molecule has 0 spiro atoms. The lowest BCUT2D eigenvalue weighted by Crippen LogP contribution is -2.42. The summed E-state index contributed by atoms with van der Waals surface area (Å²) in [4.78, 5) is 34.5. The van der Waals surface area contributed by atoms with Crippen molar-refractivity contribution in [1.29, 1.82) is 0 Å². The van der Waals surface area contributed by atoms with Gasteiger partial charge in [-0.3, -0.25) is 9.78 Å². The fraction of sp³-hybridized carbons (Fsp3) is 0.375. The van der Waals surface area contributed by atoms with Crippen LogP contribution in [-0.2, 0) is 30.5 Å². The standard InChI is InChI=1S/C40H44F3N3O3/c1-39(2,3)49-38(48)46(36-10-6-4-5-7-11-36)28-30-14-18-33(19-15-30)32-16-12-29(13-17-32)26-45(27-31-9-8-24-44-25-31)37(47)34-20-22-35(23-21-34)40(41,42)43/h8-9,12-25,36H,4-7,10-11,26-28H2,1-3H3. The Kier molecular flexibility index (Phi) is 11.4. The van der Waals surface area contributed by atoms with Gasteiger partial charge in [0.15, 0.2) is 0 Å². The van der Waals surface area contributed by atoms with E-state index in [1.165, 1.54) is 25.0 Å². The predicted molar refractivity (Wildman–Crippen MR) is 184 cm³/mol. The Hall–Kier alpha value is -4.66. The van der Waals surface area contributed by atoms with Crippen LogP contribution in [0.5, 0.6) is 0 Å². The number of hydrogen-bond donors (Lipinski definition) is 0. The van der Waals surface area contributed by atoms with Crippen molar-refractivity contribution in [3.8, 4) is 11.1 Å². The first-order valence-corrected chi connectivity index (χ1v) is 16.9. The van der Waals surface area contributed by atoms with Crippen molar-refractivity contribution in [3.05, 3.63) is 125 Å². The lowest BCUT2D eigenvalue weighted by Gasteiger charge is -2.33. The lowest BCUT2D eigenvalue weighted by molar-refractivity contribution is -0.137. The van der Waals surface area contributed by atoms with E-state index in [1.807, 2.05) is 68.1 Å². The molecule has 6 nitrogen and oxygen atoms in total. The topological polar surface area (TPSA) is 62.7 Å². The average molecular weight is 672 g/mol. The summed E-state index contributed by atoms with van der Waals surface area (Å²) in [6, 6.07) is 24.2. The van der Waals surface area contributed by atoms with Gasteiger partial charge in [0.05, 0.1) is 5.56 Å². The molecule has 0 saturated heterocycles. The Morgan fingerprint density at radius 3 is 1.80 bits per heavy atom. The molecule has 49 heavy (non-hydrogen) atoms. The second-order valence-electron chi connectivity index (χ2n) is 13.7. The molecule has 0 radical (unpaired) electrons. The van der Waals surface area contributed by atoms with Crippen LogP contribution < -0.4 is 0 Å². The van der Waals surface area contributed by atoms with Gasteiger partial charge in [0.1, 0.15) is 5.60 Å². The highest BCUT2D eigenvalue weighted by Gasteiger charge is 2.31. The second-order valence-corrected chi connectivity index (χ2v) is 13.7. The van der Waals surface area contributed by atoms with Crippen LogP contribution in [0.2, 0.25) is 0 Å². The number of nitrogens with zero attached hydrogens (tertiary/aromatic N) is 3. The summed E-state index contributed by atoms with van der Waals surface area (Å²) in [5, 5.41) is 0. The fourth-order valence-electron chi connectivity index (χ4n) is 6.15. The third-order valence-electron chi connectivity index (χ3n) is 8.70. The normalized spacial score (nSPS) is 14.2. The summed E-state index contributed by atoms with van der Waals surface area (Å²) < 4.78 is 45.2. The van der Waals surface area contributed by atoms with Crippen molar-refractivity contribution in [1.82, 2.24) is 14.8 Å². The van der Waals surface area contributed by atoms with Crippen LogP contribution in [0, 0.1) is 0 Å². The molecule has 1 aliphatic carbocycles. The minimum absolute atomic E-state index is 0.161. The molecule has 1 saturated carbocycles. The Morgan fingerprint density at radius 2 is 1.29 bits per heavy atom. The highest BCUT2D eigenvalue weighted by Crippen LogP contribution is 2.30. The molecule has 1 fully saturated rings. The van der Waals surface area contributed by atoms with Gasteiger partial charge in [-0.25, -0.2) is 4.79 Å². The fourth-order valence-corrected chi connectivity index (χ4v) is 6.15. The monoisotopic (exact) mass is 671 g/mol. The zero-order valence-electron chi connectivity index (χ0n) is 28.4. The Morgan fingerprint density at radius 1 is 0.735 bits per heavy atom. The number of rotatable bonds is 9. The zero-order chi connectivity index (χ0) is 35.0. The van der Waals surface area contributed by atoms with Gasteiger partial charge in [-0.05, 0) is 91.8 Å². The minimum atomic E-state index is -4.48. The molecule has 5 rings (SSSR count). The van der Waals surface area contributed by atoms with E-state index in [4.69, 9.17) is 4.74 Å². The van der Waals surface area contributed by atoms with Crippen molar-refractivity contribution in [2.75, 3.05) is 0 Å². The Labute approximate surface area is 286 Å². The maximum atomic E-state index is 13.5. The average Bonchev–Trinajstić information content (AvgIpc) is 3.36. The maximum Gasteiger partial charge on any atom is 0.416 e. The van der Waals surface area contributed by atoms with Gasteiger partial charge in [0, 0.05) is 43.6 Å². The summed E-state index contributed by atoms with van der Waals surface area (Å²) in [6.45, 7) is 6.68. The van der Waals surface area contributed by atoms with Crippen LogP contribution >= 0.6 is 0 Å². The largest absolute Gasteiger partial charge is 0.444 e. The van der Waals surface area contributed by atoms with Crippen LogP contribution in [0.4, 0.5) is 18.0 Å². The van der Waals surface area contributed by atoms with Crippen LogP contribution in [0.25, 0.3) is 11.1 Å². The highest BCUT2D eigenvalue weighted by molar-refractivity contribution is 5.94. The van der Waals surface area contributed by atoms with E-state index in [0.717, 1.165) is 65.6 Å². The van der Waals surface area contributed by atoms with E-state index in [9.17, 15) is 22.8 Å². The summed E-state index contributed by atoms with van der Waals surface area (Å²) in [5.41, 5.74) is 3.54. The molecular formula is C40H44F3N3O3. The number of benzene rings is 3. The molecule has 9 heteroatoms. The molecule has 4 aromatic rings. The number of pyridine rings is 1. The van der Waals surface area contributed by atoms with E-state index in [-0.39, 0.29) is 36.7 Å². The third-order valence-corrected chi connectivity index (χ3v) is 8.70. The molecule has 1 heterocycles. The van der Waals surface area contributed by atoms with Crippen LogP contribution in [-0.4, -0.2) is 38.4 Å². The molecule has 1 aliphatic rings. The molecule has 0 atom stereocenters. The van der Waals surface area contributed by atoms with E-state index in [1.54, 1.807) is 23.4 Å². The van der Waals surface area contributed by atoms with Crippen molar-refractivity contribution < 1.29 is 27.5 Å². The number of alkyl halides is 3. The Balaban J connectivity index is 1.29. The molecule has 2 amide bonds. The first kappa shape index (κ1) is 35.6. The first-order valence-electron chi connectivity index (χ1n) is 16.9. The van der Waals surface area contributed by atoms with Gasteiger partial charge in [0.25, 0.3) is 5.91 Å². The Bertz CT molecular complexity index is 1660. The summed E-state index contributed by atoms with van der Waals surface area (Å²) >= 11 is 0. The number of ether oxygens (including phenoxy) is 1. The van der Waals surface area contributed by atoms with Gasteiger partial charge in [-0.15, -0.1) is 0 Å². The third kappa shape index (κ3) is 10.2. The molecule has 1 aromatic heterocycles. The van der Waals surface area contributed by atoms with E-state index < -0.39 is 17.3 Å². The van der Waals surface area contributed by atoms with E-state index in [0.29, 0.717) is 6.54 Å². The van der Waals surface area contributed by atoms with Gasteiger partial charge in [-0.2, -0.15) is 13.2 Å². The molecule has 0 bridgehead atoms. The second kappa shape index (κ2) is 15.7. The number of aromatic nitrogens is 1. The number of hydrogen-bond acceptors (Lipinski definition) is 4. The summed E-state index contributed by atoms with van der Waals surface area (Å²) in [5.74, 6) is -0.374. The van der Waals surface area contributed by atoms with Gasteiger partial charge >= 0.3 is 12.3 Å². The summed E-state index contributed by atoms with van der Waals surface area (Å²) in [6.07, 6.45) is 5.16. The summed E-state index contributed by atoms with van der Waals surface area (Å²) in [7, 11) is 0. The smallest absolute Gasteiger partial charge is 0.416 e. The van der Waals surface area contributed by atoms with Crippen molar-refractivity contribution in [2.24, 2.45) is 0 Å². The lowest BCUT2D eigenvalue weighted by atomic mass is 10.0. The number of amides is 2. The van der Waals surface area contributed by atoms with Gasteiger partial charge < -0.3 is 14.5 Å².